The molecule has 0 radical (unpaired) electrons. The Labute approximate surface area is 121 Å². The van der Waals surface area contributed by atoms with Crippen molar-refractivity contribution in [2.45, 2.75) is 32.9 Å². The van der Waals surface area contributed by atoms with E-state index >= 15 is 0 Å². The van der Waals surface area contributed by atoms with Crippen LogP contribution in [0.15, 0.2) is 42.5 Å². The number of fused-ring (bicyclic) bond motifs is 1. The smallest absolute Gasteiger partial charge is 0.120 e. The van der Waals surface area contributed by atoms with Gasteiger partial charge in [0.05, 0.1) is 7.11 Å². The van der Waals surface area contributed by atoms with Gasteiger partial charge in [0.1, 0.15) is 5.75 Å². The third-order valence-corrected chi connectivity index (χ3v) is 4.12. The Morgan fingerprint density at radius 1 is 1.15 bits per heavy atom. The summed E-state index contributed by atoms with van der Waals surface area (Å²) < 4.78 is 5.36. The molecule has 0 aromatic heterocycles. The summed E-state index contributed by atoms with van der Waals surface area (Å²) in [6, 6.07) is 15.8. The Hall–Kier alpha value is -1.96. The van der Waals surface area contributed by atoms with Gasteiger partial charge in [-0.2, -0.15) is 0 Å². The van der Waals surface area contributed by atoms with E-state index in [0.29, 0.717) is 6.04 Å². The summed E-state index contributed by atoms with van der Waals surface area (Å²) in [5.41, 5.74) is 5.41. The Morgan fingerprint density at radius 2 is 1.90 bits per heavy atom. The lowest BCUT2D eigenvalue weighted by Crippen LogP contribution is -2.28. The molecule has 1 atom stereocenters. The maximum absolute atomic E-state index is 5.36. The predicted molar refractivity (Wildman–Crippen MR) is 83.5 cm³/mol. The highest BCUT2D eigenvalue weighted by Gasteiger charge is 2.26. The first-order valence-electron chi connectivity index (χ1n) is 7.16. The van der Waals surface area contributed by atoms with Crippen LogP contribution in [0.25, 0.3) is 0 Å². The monoisotopic (exact) mass is 267 g/mol. The zero-order valence-electron chi connectivity index (χ0n) is 12.4. The van der Waals surface area contributed by atoms with Crippen molar-refractivity contribution in [3.63, 3.8) is 0 Å². The van der Waals surface area contributed by atoms with Crippen LogP contribution in [0, 0.1) is 6.92 Å². The quantitative estimate of drug-likeness (QED) is 0.834. The summed E-state index contributed by atoms with van der Waals surface area (Å²) in [4.78, 5) is 2.47. The molecule has 0 saturated carbocycles. The molecule has 0 fully saturated rings. The maximum atomic E-state index is 5.36. The number of nitrogens with zero attached hydrogens (tertiary/aromatic N) is 1. The van der Waals surface area contributed by atoms with Crippen molar-refractivity contribution in [3.05, 3.63) is 59.2 Å². The summed E-state index contributed by atoms with van der Waals surface area (Å²) in [5, 5.41) is 0. The van der Waals surface area contributed by atoms with Gasteiger partial charge in [-0.1, -0.05) is 35.9 Å². The van der Waals surface area contributed by atoms with Crippen molar-refractivity contribution < 1.29 is 4.74 Å². The topological polar surface area (TPSA) is 12.5 Å². The number of hydrogen-bond acceptors (Lipinski definition) is 2. The standard InChI is InChI=1S/C18H21NO/c1-13-4-6-15(7-5-13)12-19-14(2)10-16-8-9-17(20-3)11-18(16)19/h4-9,11,14H,10,12H2,1-3H3. The maximum Gasteiger partial charge on any atom is 0.120 e. The zero-order chi connectivity index (χ0) is 14.1. The molecule has 0 amide bonds. The summed E-state index contributed by atoms with van der Waals surface area (Å²) in [6.07, 6.45) is 1.12. The van der Waals surface area contributed by atoms with Gasteiger partial charge in [-0.3, -0.25) is 0 Å². The van der Waals surface area contributed by atoms with Crippen LogP contribution in [-0.2, 0) is 13.0 Å². The number of methoxy groups -OCH3 is 1. The molecule has 1 heterocycles. The van der Waals surface area contributed by atoms with Crippen LogP contribution in [-0.4, -0.2) is 13.2 Å². The number of aryl methyl sites for hydroxylation is 1. The second kappa shape index (κ2) is 5.20. The molecule has 1 unspecified atom stereocenters. The van der Waals surface area contributed by atoms with Crippen molar-refractivity contribution in [3.8, 4) is 5.75 Å². The molecule has 0 saturated heterocycles. The second-order valence-corrected chi connectivity index (χ2v) is 5.66. The van der Waals surface area contributed by atoms with Crippen LogP contribution < -0.4 is 9.64 Å². The molecule has 1 aliphatic rings. The van der Waals surface area contributed by atoms with Gasteiger partial charge in [0.25, 0.3) is 0 Å². The highest BCUT2D eigenvalue weighted by molar-refractivity contribution is 5.62. The number of ether oxygens (including phenoxy) is 1. The van der Waals surface area contributed by atoms with Gasteiger partial charge in [-0.05, 0) is 37.5 Å². The summed E-state index contributed by atoms with van der Waals surface area (Å²) in [6.45, 7) is 5.38. The molecule has 2 aromatic carbocycles. The Balaban J connectivity index is 1.89. The fourth-order valence-electron chi connectivity index (χ4n) is 2.91. The highest BCUT2D eigenvalue weighted by Crippen LogP contribution is 2.36. The molecule has 0 aliphatic carbocycles. The van der Waals surface area contributed by atoms with E-state index in [1.54, 1.807) is 7.11 Å². The van der Waals surface area contributed by atoms with Gasteiger partial charge < -0.3 is 9.64 Å². The molecule has 1 aliphatic heterocycles. The fourth-order valence-corrected chi connectivity index (χ4v) is 2.91. The summed E-state index contributed by atoms with van der Waals surface area (Å²) in [5.74, 6) is 0.937. The van der Waals surface area contributed by atoms with Crippen LogP contribution in [0.2, 0.25) is 0 Å². The Morgan fingerprint density at radius 3 is 2.60 bits per heavy atom. The van der Waals surface area contributed by atoms with Crippen LogP contribution in [0.3, 0.4) is 0 Å². The lowest BCUT2D eigenvalue weighted by atomic mass is 10.1. The van der Waals surface area contributed by atoms with Crippen molar-refractivity contribution >= 4 is 5.69 Å². The van der Waals surface area contributed by atoms with E-state index < -0.39 is 0 Å². The summed E-state index contributed by atoms with van der Waals surface area (Å²) in [7, 11) is 1.73. The molecular formula is C18H21NO. The Kier molecular flexibility index (Phi) is 3.39. The second-order valence-electron chi connectivity index (χ2n) is 5.66. The lowest BCUT2D eigenvalue weighted by Gasteiger charge is -2.25. The molecular weight excluding hydrogens is 246 g/mol. The zero-order valence-corrected chi connectivity index (χ0v) is 12.4. The normalized spacial score (nSPS) is 17.1. The fraction of sp³-hybridized carbons (Fsp3) is 0.333. The number of hydrogen-bond donors (Lipinski definition) is 0. The number of rotatable bonds is 3. The van der Waals surface area contributed by atoms with Crippen LogP contribution in [0.1, 0.15) is 23.6 Å². The van der Waals surface area contributed by atoms with E-state index in [9.17, 15) is 0 Å². The molecule has 0 N–H and O–H groups in total. The van der Waals surface area contributed by atoms with E-state index in [2.05, 4.69) is 61.2 Å². The molecule has 3 rings (SSSR count). The average Bonchev–Trinajstić information content (AvgIpc) is 2.77. The van der Waals surface area contributed by atoms with Crippen LogP contribution in [0.4, 0.5) is 5.69 Å². The van der Waals surface area contributed by atoms with Crippen LogP contribution >= 0.6 is 0 Å². The number of anilines is 1. The minimum absolute atomic E-state index is 0.540. The van der Waals surface area contributed by atoms with Crippen LogP contribution in [0.5, 0.6) is 5.75 Å². The predicted octanol–water partition coefficient (Wildman–Crippen LogP) is 3.95. The van der Waals surface area contributed by atoms with Gasteiger partial charge in [0.15, 0.2) is 0 Å². The molecule has 2 heteroatoms. The van der Waals surface area contributed by atoms with Gasteiger partial charge in [-0.25, -0.2) is 0 Å². The van der Waals surface area contributed by atoms with Crippen molar-refractivity contribution in [2.24, 2.45) is 0 Å². The van der Waals surface area contributed by atoms with Crippen molar-refractivity contribution in [1.82, 2.24) is 0 Å². The molecule has 0 spiro atoms. The van der Waals surface area contributed by atoms with Gasteiger partial charge in [0.2, 0.25) is 0 Å². The molecule has 2 aromatic rings. The van der Waals surface area contributed by atoms with Crippen molar-refractivity contribution in [1.29, 1.82) is 0 Å². The van der Waals surface area contributed by atoms with E-state index in [1.165, 1.54) is 22.4 Å². The largest absolute Gasteiger partial charge is 0.497 e. The molecule has 2 nitrogen and oxygen atoms in total. The van der Waals surface area contributed by atoms with E-state index in [4.69, 9.17) is 4.74 Å². The van der Waals surface area contributed by atoms with E-state index in [-0.39, 0.29) is 0 Å². The first-order chi connectivity index (χ1) is 9.67. The van der Waals surface area contributed by atoms with E-state index in [1.807, 2.05) is 0 Å². The molecule has 20 heavy (non-hydrogen) atoms. The average molecular weight is 267 g/mol. The third-order valence-electron chi connectivity index (χ3n) is 4.12. The SMILES string of the molecule is COc1ccc2c(c1)N(Cc1ccc(C)cc1)C(C)C2. The molecule has 104 valence electrons. The third kappa shape index (κ3) is 2.38. The lowest BCUT2D eigenvalue weighted by molar-refractivity contribution is 0.415. The number of benzene rings is 2. The highest BCUT2D eigenvalue weighted by atomic mass is 16.5. The first-order valence-corrected chi connectivity index (χ1v) is 7.16. The van der Waals surface area contributed by atoms with Gasteiger partial charge >= 0.3 is 0 Å². The minimum Gasteiger partial charge on any atom is -0.497 e. The van der Waals surface area contributed by atoms with Gasteiger partial charge in [-0.15, -0.1) is 0 Å². The first kappa shape index (κ1) is 13.0. The van der Waals surface area contributed by atoms with Gasteiger partial charge in [0, 0.05) is 24.3 Å². The molecule has 0 bridgehead atoms. The van der Waals surface area contributed by atoms with Crippen molar-refractivity contribution in [2.75, 3.05) is 12.0 Å². The Bertz CT molecular complexity index is 603. The minimum atomic E-state index is 0.540. The summed E-state index contributed by atoms with van der Waals surface area (Å²) >= 11 is 0. The van der Waals surface area contributed by atoms with E-state index in [0.717, 1.165) is 18.7 Å².